The van der Waals surface area contributed by atoms with Gasteiger partial charge in [0.15, 0.2) is 23.0 Å². The molecule has 0 aliphatic heterocycles. The number of rotatable bonds is 8. The first kappa shape index (κ1) is 20.2. The van der Waals surface area contributed by atoms with Gasteiger partial charge in [0.1, 0.15) is 0 Å². The molecule has 2 aromatic carbocycles. The molecule has 144 valence electrons. The van der Waals surface area contributed by atoms with Gasteiger partial charge in [-0.05, 0) is 42.8 Å². The van der Waals surface area contributed by atoms with E-state index in [9.17, 15) is 4.79 Å². The molecule has 6 nitrogen and oxygen atoms in total. The highest BCUT2D eigenvalue weighted by molar-refractivity contribution is 6.03. The summed E-state index contributed by atoms with van der Waals surface area (Å²) in [5, 5.41) is 0. The summed E-state index contributed by atoms with van der Waals surface area (Å²) in [5.74, 6) is 2.30. The van der Waals surface area contributed by atoms with E-state index in [1.54, 1.807) is 52.7 Å². The second-order valence-electron chi connectivity index (χ2n) is 5.61. The minimum absolute atomic E-state index is 0.171. The van der Waals surface area contributed by atoms with Crippen LogP contribution in [0.4, 0.5) is 5.69 Å². The van der Waals surface area contributed by atoms with Crippen molar-refractivity contribution in [2.75, 3.05) is 39.9 Å². The Bertz CT molecular complexity index is 816. The molecule has 0 saturated heterocycles. The van der Waals surface area contributed by atoms with Crippen LogP contribution in [-0.4, -0.2) is 40.9 Å². The fourth-order valence-corrected chi connectivity index (χ4v) is 2.50. The summed E-state index contributed by atoms with van der Waals surface area (Å²) >= 11 is 0. The second-order valence-corrected chi connectivity index (χ2v) is 5.61. The van der Waals surface area contributed by atoms with Crippen molar-refractivity contribution in [3.8, 4) is 23.0 Å². The molecule has 0 aromatic heterocycles. The zero-order valence-corrected chi connectivity index (χ0v) is 16.3. The fraction of sp³-hybridized carbons (Fsp3) is 0.286. The van der Waals surface area contributed by atoms with Gasteiger partial charge in [-0.1, -0.05) is 6.07 Å². The largest absolute Gasteiger partial charge is 0.493 e. The summed E-state index contributed by atoms with van der Waals surface area (Å²) in [6.07, 6.45) is 3.24. The van der Waals surface area contributed by atoms with Crippen LogP contribution < -0.4 is 23.8 Å². The summed E-state index contributed by atoms with van der Waals surface area (Å²) in [5.41, 5.74) is 1.54. The zero-order valence-electron chi connectivity index (χ0n) is 16.3. The standard InChI is InChI=1S/C21H25NO5/c1-6-27-18-10-7-15(13-19(18)25-4)8-12-21(23)22(2)16-9-11-17(24-3)20(14-16)26-5/h7-14H,6H2,1-5H3/b12-8+. The number of hydrogen-bond acceptors (Lipinski definition) is 5. The van der Waals surface area contributed by atoms with E-state index in [1.807, 2.05) is 25.1 Å². The van der Waals surface area contributed by atoms with Crippen molar-refractivity contribution in [2.45, 2.75) is 6.92 Å². The van der Waals surface area contributed by atoms with Gasteiger partial charge >= 0.3 is 0 Å². The Kier molecular flexibility index (Phi) is 7.11. The maximum Gasteiger partial charge on any atom is 0.250 e. The van der Waals surface area contributed by atoms with Gasteiger partial charge in [0.25, 0.3) is 5.91 Å². The summed E-state index contributed by atoms with van der Waals surface area (Å²) in [7, 11) is 6.41. The van der Waals surface area contributed by atoms with Gasteiger partial charge in [-0.25, -0.2) is 0 Å². The first-order valence-corrected chi connectivity index (χ1v) is 8.52. The van der Waals surface area contributed by atoms with Crippen molar-refractivity contribution in [3.05, 3.63) is 48.0 Å². The number of amides is 1. The van der Waals surface area contributed by atoms with Crippen molar-refractivity contribution >= 4 is 17.7 Å². The Morgan fingerprint density at radius 3 is 2.19 bits per heavy atom. The normalized spacial score (nSPS) is 10.6. The number of anilines is 1. The molecule has 27 heavy (non-hydrogen) atoms. The van der Waals surface area contributed by atoms with E-state index in [2.05, 4.69) is 0 Å². The summed E-state index contributed by atoms with van der Waals surface area (Å²) in [6.45, 7) is 2.47. The molecule has 2 aromatic rings. The highest BCUT2D eigenvalue weighted by Crippen LogP contribution is 2.31. The molecule has 0 aliphatic rings. The Hall–Kier alpha value is -3.15. The first-order chi connectivity index (χ1) is 13.0. The summed E-state index contributed by atoms with van der Waals surface area (Å²) in [4.78, 5) is 14.0. The smallest absolute Gasteiger partial charge is 0.250 e. The SMILES string of the molecule is CCOc1ccc(/C=C/C(=O)N(C)c2ccc(OC)c(OC)c2)cc1OC. The summed E-state index contributed by atoms with van der Waals surface area (Å²) < 4.78 is 21.3. The molecular formula is C21H25NO5. The predicted molar refractivity (Wildman–Crippen MR) is 106 cm³/mol. The van der Waals surface area contributed by atoms with Crippen molar-refractivity contribution in [1.29, 1.82) is 0 Å². The number of nitrogens with zero attached hydrogens (tertiary/aromatic N) is 1. The van der Waals surface area contributed by atoms with Gasteiger partial charge in [-0.3, -0.25) is 4.79 Å². The number of ether oxygens (including phenoxy) is 4. The van der Waals surface area contributed by atoms with Crippen LogP contribution in [0.5, 0.6) is 23.0 Å². The number of methoxy groups -OCH3 is 3. The number of carbonyl (C=O) groups excluding carboxylic acids is 1. The Morgan fingerprint density at radius 2 is 1.56 bits per heavy atom. The van der Waals surface area contributed by atoms with Crippen LogP contribution >= 0.6 is 0 Å². The Balaban J connectivity index is 2.16. The Morgan fingerprint density at radius 1 is 0.926 bits per heavy atom. The number of likely N-dealkylation sites (N-methyl/N-ethyl adjacent to an activating group) is 1. The van der Waals surface area contributed by atoms with Crippen LogP contribution in [0.3, 0.4) is 0 Å². The Labute approximate surface area is 159 Å². The highest BCUT2D eigenvalue weighted by Gasteiger charge is 2.12. The molecule has 0 N–H and O–H groups in total. The third-order valence-electron chi connectivity index (χ3n) is 3.99. The van der Waals surface area contributed by atoms with E-state index in [-0.39, 0.29) is 5.91 Å². The molecule has 0 unspecified atom stereocenters. The van der Waals surface area contributed by atoms with Gasteiger partial charge in [-0.15, -0.1) is 0 Å². The van der Waals surface area contributed by atoms with E-state index < -0.39 is 0 Å². The minimum Gasteiger partial charge on any atom is -0.493 e. The molecule has 0 fully saturated rings. The average molecular weight is 371 g/mol. The topological polar surface area (TPSA) is 57.2 Å². The van der Waals surface area contributed by atoms with Gasteiger partial charge in [0.05, 0.1) is 27.9 Å². The highest BCUT2D eigenvalue weighted by atomic mass is 16.5. The van der Waals surface area contributed by atoms with E-state index in [0.29, 0.717) is 35.3 Å². The number of carbonyl (C=O) groups is 1. The van der Waals surface area contributed by atoms with Crippen LogP contribution in [0.2, 0.25) is 0 Å². The van der Waals surface area contributed by atoms with Crippen LogP contribution in [0.25, 0.3) is 6.08 Å². The average Bonchev–Trinajstić information content (AvgIpc) is 2.71. The molecule has 0 bridgehead atoms. The second kappa shape index (κ2) is 9.52. The van der Waals surface area contributed by atoms with Gasteiger partial charge in [0.2, 0.25) is 0 Å². The quantitative estimate of drug-likeness (QED) is 0.661. The van der Waals surface area contributed by atoms with E-state index in [4.69, 9.17) is 18.9 Å². The van der Waals surface area contributed by atoms with Crippen molar-refractivity contribution < 1.29 is 23.7 Å². The van der Waals surface area contributed by atoms with E-state index in [1.165, 1.54) is 11.0 Å². The van der Waals surface area contributed by atoms with E-state index in [0.717, 1.165) is 5.56 Å². The maximum atomic E-state index is 12.5. The lowest BCUT2D eigenvalue weighted by Crippen LogP contribution is -2.23. The van der Waals surface area contributed by atoms with Crippen molar-refractivity contribution in [3.63, 3.8) is 0 Å². The molecular weight excluding hydrogens is 346 g/mol. The lowest BCUT2D eigenvalue weighted by atomic mass is 10.2. The third kappa shape index (κ3) is 4.94. The van der Waals surface area contributed by atoms with Gasteiger partial charge in [-0.2, -0.15) is 0 Å². The van der Waals surface area contributed by atoms with Crippen LogP contribution in [0.15, 0.2) is 42.5 Å². The van der Waals surface area contributed by atoms with Gasteiger partial charge in [0, 0.05) is 24.9 Å². The minimum atomic E-state index is -0.171. The number of hydrogen-bond donors (Lipinski definition) is 0. The molecule has 0 spiro atoms. The monoisotopic (exact) mass is 371 g/mol. The van der Waals surface area contributed by atoms with E-state index >= 15 is 0 Å². The zero-order chi connectivity index (χ0) is 19.8. The molecule has 0 saturated carbocycles. The maximum absolute atomic E-state index is 12.5. The van der Waals surface area contributed by atoms with Crippen LogP contribution in [-0.2, 0) is 4.79 Å². The first-order valence-electron chi connectivity index (χ1n) is 8.52. The fourth-order valence-electron chi connectivity index (χ4n) is 2.50. The molecule has 6 heteroatoms. The molecule has 0 radical (unpaired) electrons. The molecule has 0 aliphatic carbocycles. The van der Waals surface area contributed by atoms with Crippen LogP contribution in [0.1, 0.15) is 12.5 Å². The lowest BCUT2D eigenvalue weighted by molar-refractivity contribution is -0.113. The molecule has 0 heterocycles. The van der Waals surface area contributed by atoms with Crippen molar-refractivity contribution in [2.24, 2.45) is 0 Å². The molecule has 2 rings (SSSR count). The predicted octanol–water partition coefficient (Wildman–Crippen LogP) is 3.79. The molecule has 0 atom stereocenters. The molecule has 1 amide bonds. The lowest BCUT2D eigenvalue weighted by Gasteiger charge is -2.17. The summed E-state index contributed by atoms with van der Waals surface area (Å²) in [6, 6.07) is 10.8. The third-order valence-corrected chi connectivity index (χ3v) is 3.99. The van der Waals surface area contributed by atoms with Crippen molar-refractivity contribution in [1.82, 2.24) is 0 Å². The van der Waals surface area contributed by atoms with Gasteiger partial charge < -0.3 is 23.8 Å². The van der Waals surface area contributed by atoms with Crippen LogP contribution in [0, 0.1) is 0 Å². The number of benzene rings is 2.